The molecule has 1 spiro atoms. The summed E-state index contributed by atoms with van der Waals surface area (Å²) in [6.45, 7) is 0. The molecule has 0 aliphatic heterocycles. The van der Waals surface area contributed by atoms with Crippen LogP contribution in [0.4, 0.5) is 0 Å². The first-order valence-electron chi connectivity index (χ1n) is 7.68. The third kappa shape index (κ3) is 2.56. The van der Waals surface area contributed by atoms with Gasteiger partial charge in [0.2, 0.25) is 0 Å². The lowest BCUT2D eigenvalue weighted by Gasteiger charge is -2.30. The van der Waals surface area contributed by atoms with Crippen LogP contribution in [0.15, 0.2) is 35.9 Å². The van der Waals surface area contributed by atoms with Gasteiger partial charge in [-0.3, -0.25) is 4.79 Å². The van der Waals surface area contributed by atoms with Gasteiger partial charge in [-0.1, -0.05) is 41.9 Å². The second-order valence-corrected chi connectivity index (χ2v) is 6.56. The van der Waals surface area contributed by atoms with Crippen LogP contribution in [0.2, 0.25) is 0 Å². The van der Waals surface area contributed by atoms with Crippen LogP contribution < -0.4 is 0 Å². The number of hydrogen-bond donors (Lipinski definition) is 0. The van der Waals surface area contributed by atoms with Crippen molar-refractivity contribution in [1.29, 1.82) is 0 Å². The minimum absolute atomic E-state index is 0.207. The molecule has 0 heterocycles. The summed E-state index contributed by atoms with van der Waals surface area (Å²) in [5.41, 5.74) is 2.75. The predicted octanol–water partition coefficient (Wildman–Crippen LogP) is 5.34. The Labute approximate surface area is 126 Å². The summed E-state index contributed by atoms with van der Waals surface area (Å²) in [5.74, 6) is 0.434. The second kappa shape index (κ2) is 5.73. The molecule has 1 nitrogen and oxygen atoms in total. The zero-order chi connectivity index (χ0) is 14.0. The number of rotatable bonds is 1. The Hall–Kier alpha value is -1.08. The third-order valence-corrected chi connectivity index (χ3v) is 5.45. The Kier molecular flexibility index (Phi) is 3.98. The van der Waals surface area contributed by atoms with Crippen LogP contribution >= 0.6 is 11.6 Å². The Balaban J connectivity index is 1.97. The van der Waals surface area contributed by atoms with Crippen molar-refractivity contribution in [3.8, 4) is 0 Å². The van der Waals surface area contributed by atoms with Gasteiger partial charge in [0, 0.05) is 17.9 Å². The van der Waals surface area contributed by atoms with E-state index in [1.54, 1.807) is 0 Å². The summed E-state index contributed by atoms with van der Waals surface area (Å²) in [6, 6.07) is 10.3. The zero-order valence-electron chi connectivity index (χ0n) is 11.8. The molecule has 2 fully saturated rings. The minimum Gasteiger partial charge on any atom is -0.300 e. The number of hydrogen-bond acceptors (Lipinski definition) is 1. The molecule has 0 aromatic heterocycles. The first kappa shape index (κ1) is 13.9. The zero-order valence-corrected chi connectivity index (χ0v) is 12.6. The first-order chi connectivity index (χ1) is 9.71. The molecule has 0 bridgehead atoms. The van der Waals surface area contributed by atoms with Crippen molar-refractivity contribution in [3.63, 3.8) is 0 Å². The number of Topliss-reactive ketones (excluding diaryl/α,β-unsaturated/α-hetero) is 1. The molecule has 0 amide bonds. The number of benzene rings is 1. The van der Waals surface area contributed by atoms with Gasteiger partial charge < -0.3 is 0 Å². The maximum atomic E-state index is 11.7. The monoisotopic (exact) mass is 288 g/mol. The van der Waals surface area contributed by atoms with Gasteiger partial charge in [0.1, 0.15) is 5.78 Å². The Bertz CT molecular complexity index is 532. The topological polar surface area (TPSA) is 17.1 Å². The summed E-state index contributed by atoms with van der Waals surface area (Å²) in [5, 5.41) is 0.942. The fraction of sp³-hybridized carbons (Fsp3) is 0.500. The highest BCUT2D eigenvalue weighted by Crippen LogP contribution is 2.54. The summed E-state index contributed by atoms with van der Waals surface area (Å²) in [7, 11) is 0. The molecule has 3 rings (SSSR count). The van der Waals surface area contributed by atoms with Crippen LogP contribution in [-0.2, 0) is 4.79 Å². The highest BCUT2D eigenvalue weighted by atomic mass is 35.5. The van der Waals surface area contributed by atoms with E-state index < -0.39 is 0 Å². The Morgan fingerprint density at radius 1 is 0.950 bits per heavy atom. The van der Waals surface area contributed by atoms with Crippen LogP contribution in [0.5, 0.6) is 0 Å². The minimum atomic E-state index is 0.207. The molecule has 2 aliphatic carbocycles. The van der Waals surface area contributed by atoms with E-state index in [1.807, 2.05) is 18.2 Å². The molecule has 1 atom stereocenters. The van der Waals surface area contributed by atoms with Crippen LogP contribution in [0.1, 0.15) is 56.9 Å². The van der Waals surface area contributed by atoms with Gasteiger partial charge >= 0.3 is 0 Å². The van der Waals surface area contributed by atoms with Crippen LogP contribution in [0.3, 0.4) is 0 Å². The van der Waals surface area contributed by atoms with Crippen LogP contribution in [0.25, 0.3) is 5.03 Å². The molecular weight excluding hydrogens is 268 g/mol. The average Bonchev–Trinajstić information content (AvgIpc) is 2.79. The van der Waals surface area contributed by atoms with Crippen molar-refractivity contribution in [2.75, 3.05) is 0 Å². The number of carbonyl (C=O) groups is 1. The third-order valence-electron chi connectivity index (χ3n) is 5.01. The van der Waals surface area contributed by atoms with Crippen molar-refractivity contribution in [1.82, 2.24) is 0 Å². The van der Waals surface area contributed by atoms with E-state index in [2.05, 4.69) is 12.1 Å². The molecule has 2 saturated carbocycles. The van der Waals surface area contributed by atoms with Gasteiger partial charge in [0.25, 0.3) is 0 Å². The van der Waals surface area contributed by atoms with Gasteiger partial charge in [-0.25, -0.2) is 0 Å². The molecule has 2 aliphatic rings. The van der Waals surface area contributed by atoms with Crippen molar-refractivity contribution in [2.45, 2.75) is 51.4 Å². The molecule has 0 radical (unpaired) electrons. The Morgan fingerprint density at radius 3 is 2.40 bits per heavy atom. The molecule has 20 heavy (non-hydrogen) atoms. The van der Waals surface area contributed by atoms with Crippen LogP contribution in [-0.4, -0.2) is 5.78 Å². The van der Waals surface area contributed by atoms with Gasteiger partial charge in [-0.2, -0.15) is 0 Å². The van der Waals surface area contributed by atoms with E-state index >= 15 is 0 Å². The van der Waals surface area contributed by atoms with Gasteiger partial charge in [0.15, 0.2) is 0 Å². The summed E-state index contributed by atoms with van der Waals surface area (Å²) >= 11 is 6.72. The molecule has 0 unspecified atom stereocenters. The fourth-order valence-corrected chi connectivity index (χ4v) is 4.35. The van der Waals surface area contributed by atoms with Crippen molar-refractivity contribution >= 4 is 22.4 Å². The predicted molar refractivity (Wildman–Crippen MR) is 83.6 cm³/mol. The van der Waals surface area contributed by atoms with E-state index in [9.17, 15) is 4.79 Å². The number of halogens is 1. The van der Waals surface area contributed by atoms with Crippen molar-refractivity contribution in [3.05, 3.63) is 41.5 Å². The normalized spacial score (nSPS) is 29.6. The lowest BCUT2D eigenvalue weighted by atomic mass is 9.75. The Morgan fingerprint density at radius 2 is 1.65 bits per heavy atom. The maximum Gasteiger partial charge on any atom is 0.132 e. The molecule has 2 heteroatoms. The van der Waals surface area contributed by atoms with Gasteiger partial charge in [0.05, 0.1) is 0 Å². The summed E-state index contributed by atoms with van der Waals surface area (Å²) in [6.07, 6.45) is 8.19. The fourth-order valence-electron chi connectivity index (χ4n) is 3.93. The molecule has 1 aromatic rings. The second-order valence-electron chi connectivity index (χ2n) is 6.18. The van der Waals surface area contributed by atoms with E-state index in [0.717, 1.165) is 49.1 Å². The standard InChI is InChI=1S/C18H21ClO/c19-17(14-6-2-1-3-7-14)16-9-5-12-18(16)11-4-8-15(20)10-13-18/h1-3,6-7H,4-5,8-13H2/b17-16+/t18-/m1/s1. The lowest BCUT2D eigenvalue weighted by molar-refractivity contribution is -0.119. The highest BCUT2D eigenvalue weighted by Gasteiger charge is 2.40. The molecule has 1 aromatic carbocycles. The largest absolute Gasteiger partial charge is 0.300 e. The van der Waals surface area contributed by atoms with Gasteiger partial charge in [-0.15, -0.1) is 0 Å². The average molecular weight is 289 g/mol. The lowest BCUT2D eigenvalue weighted by Crippen LogP contribution is -2.18. The van der Waals surface area contributed by atoms with Crippen LogP contribution in [0, 0.1) is 5.41 Å². The summed E-state index contributed by atoms with van der Waals surface area (Å²) < 4.78 is 0. The van der Waals surface area contributed by atoms with E-state index in [1.165, 1.54) is 18.4 Å². The molecular formula is C18H21ClO. The maximum absolute atomic E-state index is 11.7. The van der Waals surface area contributed by atoms with Crippen molar-refractivity contribution < 1.29 is 4.79 Å². The van der Waals surface area contributed by atoms with E-state index in [0.29, 0.717) is 5.78 Å². The van der Waals surface area contributed by atoms with Crippen molar-refractivity contribution in [2.24, 2.45) is 5.41 Å². The highest BCUT2D eigenvalue weighted by molar-refractivity contribution is 6.49. The smallest absolute Gasteiger partial charge is 0.132 e. The molecule has 0 N–H and O–H groups in total. The number of ketones is 1. The molecule has 0 saturated heterocycles. The molecule has 106 valence electrons. The van der Waals surface area contributed by atoms with Gasteiger partial charge in [-0.05, 0) is 55.1 Å². The SMILES string of the molecule is O=C1CCC[C@@]2(CCC/C2=C(\Cl)c2ccccc2)CC1. The summed E-state index contributed by atoms with van der Waals surface area (Å²) in [4.78, 5) is 11.7. The quantitative estimate of drug-likeness (QED) is 0.682. The van der Waals surface area contributed by atoms with E-state index in [-0.39, 0.29) is 5.41 Å². The number of allylic oxidation sites excluding steroid dienone is 1. The number of carbonyl (C=O) groups excluding carboxylic acids is 1. The van der Waals surface area contributed by atoms with E-state index in [4.69, 9.17) is 11.6 Å². The first-order valence-corrected chi connectivity index (χ1v) is 8.05.